The molecule has 0 fully saturated rings. The number of hydrogen-bond donors (Lipinski definition) is 2. The maximum absolute atomic E-state index is 10.3. The average molecular weight is 201 g/mol. The Kier molecular flexibility index (Phi) is 7.06. The molecule has 0 bridgehead atoms. The first-order valence-electron chi connectivity index (χ1n) is 4.78. The number of ether oxygens (including phenoxy) is 1. The lowest BCUT2D eigenvalue weighted by molar-refractivity contribution is -0.131. The molecule has 1 atom stereocenters. The number of carbonyl (C=O) groups is 1. The molecule has 0 rings (SSSR count). The molecule has 0 aromatic carbocycles. The highest BCUT2D eigenvalue weighted by Crippen LogP contribution is 1.91. The summed E-state index contributed by atoms with van der Waals surface area (Å²) in [6.45, 7) is 7.74. The zero-order valence-corrected chi connectivity index (χ0v) is 9.04. The number of nitrogens with one attached hydrogen (secondary N) is 1. The fourth-order valence-electron chi connectivity index (χ4n) is 1.08. The van der Waals surface area contributed by atoms with Crippen LogP contribution in [0.2, 0.25) is 0 Å². The maximum atomic E-state index is 10.3. The first kappa shape index (κ1) is 13.1. The lowest BCUT2D eigenvalue weighted by atomic mass is 10.2. The van der Waals surface area contributed by atoms with Gasteiger partial charge < -0.3 is 15.2 Å². The van der Waals surface area contributed by atoms with Gasteiger partial charge in [-0.3, -0.25) is 0 Å². The molecule has 0 aliphatic rings. The molecule has 0 saturated carbocycles. The second-order valence-electron chi connectivity index (χ2n) is 3.23. The Hall–Kier alpha value is -0.870. The molecule has 0 saturated heterocycles. The molecular formula is C10H19NO3. The summed E-state index contributed by atoms with van der Waals surface area (Å²) in [4.78, 5) is 10.3. The molecule has 4 heteroatoms. The van der Waals surface area contributed by atoms with Crippen LogP contribution in [0.3, 0.4) is 0 Å². The lowest BCUT2D eigenvalue weighted by Gasteiger charge is -2.12. The van der Waals surface area contributed by atoms with Gasteiger partial charge in [-0.2, -0.15) is 0 Å². The third kappa shape index (κ3) is 7.76. The minimum absolute atomic E-state index is 0.164. The van der Waals surface area contributed by atoms with Gasteiger partial charge in [0.05, 0.1) is 6.10 Å². The Morgan fingerprint density at radius 2 is 2.29 bits per heavy atom. The van der Waals surface area contributed by atoms with E-state index in [1.165, 1.54) is 6.08 Å². The van der Waals surface area contributed by atoms with Crippen LogP contribution in [0.5, 0.6) is 0 Å². The van der Waals surface area contributed by atoms with Gasteiger partial charge in [0.2, 0.25) is 0 Å². The normalized spacial score (nSPS) is 14.1. The zero-order valence-electron chi connectivity index (χ0n) is 9.04. The summed E-state index contributed by atoms with van der Waals surface area (Å²) in [5.41, 5.74) is 0.807. The Morgan fingerprint density at radius 1 is 1.64 bits per heavy atom. The molecule has 1 unspecified atom stereocenters. The molecule has 0 aromatic heterocycles. The number of carboxylic acids is 1. The van der Waals surface area contributed by atoms with Gasteiger partial charge in [-0.1, -0.05) is 5.57 Å². The van der Waals surface area contributed by atoms with Crippen molar-refractivity contribution in [2.24, 2.45) is 0 Å². The largest absolute Gasteiger partial charge is 0.478 e. The van der Waals surface area contributed by atoms with Crippen molar-refractivity contribution in [3.8, 4) is 0 Å². The van der Waals surface area contributed by atoms with E-state index in [1.807, 2.05) is 13.8 Å². The lowest BCUT2D eigenvalue weighted by Crippen LogP contribution is -2.28. The van der Waals surface area contributed by atoms with Crippen LogP contribution in [0, 0.1) is 0 Å². The van der Waals surface area contributed by atoms with E-state index in [0.717, 1.165) is 12.1 Å². The molecule has 0 aliphatic carbocycles. The van der Waals surface area contributed by atoms with Crippen LogP contribution in [-0.4, -0.2) is 36.9 Å². The summed E-state index contributed by atoms with van der Waals surface area (Å²) in [5.74, 6) is -0.901. The Labute approximate surface area is 85.0 Å². The number of carboxylic acid groups (broad SMARTS) is 1. The summed E-state index contributed by atoms with van der Waals surface area (Å²) in [6, 6.07) is 0. The van der Waals surface area contributed by atoms with Crippen LogP contribution in [0.4, 0.5) is 0 Å². The topological polar surface area (TPSA) is 58.6 Å². The average Bonchev–Trinajstić information content (AvgIpc) is 2.02. The molecule has 0 amide bonds. The van der Waals surface area contributed by atoms with Crippen LogP contribution in [0.1, 0.15) is 20.8 Å². The maximum Gasteiger partial charge on any atom is 0.328 e. The van der Waals surface area contributed by atoms with Crippen LogP contribution >= 0.6 is 0 Å². The third-order valence-electron chi connectivity index (χ3n) is 1.66. The standard InChI is InChI=1S/C10H19NO3/c1-4-14-9(3)7-11-6-8(2)5-10(12)13/h5,9,11H,4,6-7H2,1-3H3,(H,12,13). The molecular weight excluding hydrogens is 182 g/mol. The van der Waals surface area contributed by atoms with Crippen molar-refractivity contribution in [2.75, 3.05) is 19.7 Å². The molecule has 82 valence electrons. The third-order valence-corrected chi connectivity index (χ3v) is 1.66. The van der Waals surface area contributed by atoms with Crippen molar-refractivity contribution in [2.45, 2.75) is 26.9 Å². The van der Waals surface area contributed by atoms with Gasteiger partial charge in [0, 0.05) is 25.8 Å². The Bertz CT molecular complexity index is 202. The highest BCUT2D eigenvalue weighted by Gasteiger charge is 2.00. The van der Waals surface area contributed by atoms with E-state index in [0.29, 0.717) is 13.2 Å². The van der Waals surface area contributed by atoms with E-state index < -0.39 is 5.97 Å². The van der Waals surface area contributed by atoms with Crippen molar-refractivity contribution < 1.29 is 14.6 Å². The van der Waals surface area contributed by atoms with E-state index >= 15 is 0 Å². The van der Waals surface area contributed by atoms with E-state index in [9.17, 15) is 4.79 Å². The molecule has 2 N–H and O–H groups in total. The minimum atomic E-state index is -0.901. The van der Waals surface area contributed by atoms with Crippen molar-refractivity contribution in [3.05, 3.63) is 11.6 Å². The summed E-state index contributed by atoms with van der Waals surface area (Å²) < 4.78 is 5.31. The van der Waals surface area contributed by atoms with Gasteiger partial charge >= 0.3 is 5.97 Å². The van der Waals surface area contributed by atoms with Gasteiger partial charge in [0.25, 0.3) is 0 Å². The summed E-state index contributed by atoms with van der Waals surface area (Å²) in [7, 11) is 0. The molecule has 0 aromatic rings. The van der Waals surface area contributed by atoms with Crippen LogP contribution in [-0.2, 0) is 9.53 Å². The van der Waals surface area contributed by atoms with Crippen LogP contribution in [0.15, 0.2) is 11.6 Å². The quantitative estimate of drug-likeness (QED) is 0.604. The zero-order chi connectivity index (χ0) is 11.0. The van der Waals surface area contributed by atoms with Crippen molar-refractivity contribution in [3.63, 3.8) is 0 Å². The van der Waals surface area contributed by atoms with Crippen molar-refractivity contribution in [1.82, 2.24) is 5.32 Å². The van der Waals surface area contributed by atoms with E-state index in [2.05, 4.69) is 5.32 Å². The molecule has 0 spiro atoms. The number of hydrogen-bond acceptors (Lipinski definition) is 3. The number of rotatable bonds is 7. The SMILES string of the molecule is CCOC(C)CNCC(C)=CC(=O)O. The predicted molar refractivity (Wildman–Crippen MR) is 55.4 cm³/mol. The van der Waals surface area contributed by atoms with Crippen molar-refractivity contribution in [1.29, 1.82) is 0 Å². The summed E-state index contributed by atoms with van der Waals surface area (Å²) in [6.07, 6.45) is 1.37. The Morgan fingerprint density at radius 3 is 2.79 bits per heavy atom. The monoisotopic (exact) mass is 201 g/mol. The van der Waals surface area contributed by atoms with Gasteiger partial charge in [-0.05, 0) is 20.8 Å². The van der Waals surface area contributed by atoms with Crippen LogP contribution < -0.4 is 5.32 Å². The van der Waals surface area contributed by atoms with Crippen molar-refractivity contribution >= 4 is 5.97 Å². The second kappa shape index (κ2) is 7.53. The van der Waals surface area contributed by atoms with E-state index in [-0.39, 0.29) is 6.10 Å². The highest BCUT2D eigenvalue weighted by atomic mass is 16.5. The number of aliphatic carboxylic acids is 1. The first-order valence-corrected chi connectivity index (χ1v) is 4.78. The van der Waals surface area contributed by atoms with Crippen LogP contribution in [0.25, 0.3) is 0 Å². The highest BCUT2D eigenvalue weighted by molar-refractivity contribution is 5.80. The predicted octanol–water partition coefficient (Wildman–Crippen LogP) is 1.03. The Balaban J connectivity index is 3.58. The molecule has 4 nitrogen and oxygen atoms in total. The van der Waals surface area contributed by atoms with Gasteiger partial charge in [0.15, 0.2) is 0 Å². The van der Waals surface area contributed by atoms with Gasteiger partial charge in [0.1, 0.15) is 0 Å². The molecule has 14 heavy (non-hydrogen) atoms. The second-order valence-corrected chi connectivity index (χ2v) is 3.23. The summed E-state index contributed by atoms with van der Waals surface area (Å²) in [5, 5.41) is 11.6. The smallest absolute Gasteiger partial charge is 0.328 e. The van der Waals surface area contributed by atoms with E-state index in [4.69, 9.17) is 9.84 Å². The van der Waals surface area contributed by atoms with E-state index in [1.54, 1.807) is 6.92 Å². The first-order chi connectivity index (χ1) is 6.56. The van der Waals surface area contributed by atoms with Gasteiger partial charge in [-0.15, -0.1) is 0 Å². The fraction of sp³-hybridized carbons (Fsp3) is 0.700. The molecule has 0 heterocycles. The minimum Gasteiger partial charge on any atom is -0.478 e. The molecule has 0 aliphatic heterocycles. The molecule has 0 radical (unpaired) electrons. The fourth-order valence-corrected chi connectivity index (χ4v) is 1.08. The van der Waals surface area contributed by atoms with Gasteiger partial charge in [-0.25, -0.2) is 4.79 Å². The summed E-state index contributed by atoms with van der Waals surface area (Å²) >= 11 is 0.